The van der Waals surface area contributed by atoms with E-state index in [9.17, 15) is 5.11 Å². The van der Waals surface area contributed by atoms with Gasteiger partial charge in [0, 0.05) is 6.54 Å². The lowest BCUT2D eigenvalue weighted by molar-refractivity contribution is 0.193. The summed E-state index contributed by atoms with van der Waals surface area (Å²) in [5.41, 5.74) is 0.729. The molecule has 1 aliphatic rings. The Labute approximate surface area is 121 Å². The van der Waals surface area contributed by atoms with E-state index in [0.29, 0.717) is 0 Å². The molecule has 1 heterocycles. The highest BCUT2D eigenvalue weighted by molar-refractivity contribution is 5.57. The van der Waals surface area contributed by atoms with Crippen LogP contribution in [0.3, 0.4) is 0 Å². The molecule has 2 rings (SSSR count). The van der Waals surface area contributed by atoms with Gasteiger partial charge in [0.05, 0.1) is 24.9 Å². The zero-order chi connectivity index (χ0) is 14.4. The summed E-state index contributed by atoms with van der Waals surface area (Å²) in [4.78, 5) is 2.45. The molecule has 1 aromatic rings. The molecule has 0 bridgehead atoms. The van der Waals surface area contributed by atoms with Gasteiger partial charge in [-0.15, -0.1) is 0 Å². The van der Waals surface area contributed by atoms with Crippen molar-refractivity contribution >= 4 is 5.69 Å². The minimum absolute atomic E-state index is 0.155. The van der Waals surface area contributed by atoms with Crippen molar-refractivity contribution in [2.45, 2.75) is 31.7 Å². The number of likely N-dealkylation sites (tertiary alicyclic amines) is 1. The topological polar surface area (TPSA) is 44.7 Å². The van der Waals surface area contributed by atoms with Gasteiger partial charge in [0.1, 0.15) is 5.75 Å². The summed E-state index contributed by atoms with van der Waals surface area (Å²) in [6, 6.07) is 7.91. The van der Waals surface area contributed by atoms with Crippen LogP contribution in [0.15, 0.2) is 24.3 Å². The molecule has 1 aliphatic heterocycles. The Balaban J connectivity index is 2.14. The normalized spacial score (nSPS) is 24.1. The molecule has 4 nitrogen and oxygen atoms in total. The minimum atomic E-state index is -0.238. The van der Waals surface area contributed by atoms with E-state index in [1.807, 2.05) is 24.3 Å². The summed E-state index contributed by atoms with van der Waals surface area (Å²) in [6.07, 6.45) is 3.05. The molecule has 0 aliphatic carbocycles. The largest absolute Gasteiger partial charge is 0.495 e. The monoisotopic (exact) mass is 278 g/mol. The van der Waals surface area contributed by atoms with Crippen LogP contribution in [0.5, 0.6) is 5.75 Å². The molecule has 112 valence electrons. The smallest absolute Gasteiger partial charge is 0.141 e. The van der Waals surface area contributed by atoms with E-state index in [1.165, 1.54) is 0 Å². The van der Waals surface area contributed by atoms with E-state index < -0.39 is 0 Å². The van der Waals surface area contributed by atoms with Crippen LogP contribution in [0, 0.1) is 0 Å². The van der Waals surface area contributed by atoms with Crippen molar-refractivity contribution in [1.82, 2.24) is 4.90 Å². The lowest BCUT2D eigenvalue weighted by Crippen LogP contribution is -2.43. The predicted octanol–water partition coefficient (Wildman–Crippen LogP) is 2.34. The van der Waals surface area contributed by atoms with E-state index in [1.54, 1.807) is 7.11 Å². The maximum atomic E-state index is 9.93. The second kappa shape index (κ2) is 6.95. The summed E-state index contributed by atoms with van der Waals surface area (Å²) in [5, 5.41) is 13.5. The Kier molecular flexibility index (Phi) is 5.26. The van der Waals surface area contributed by atoms with Crippen molar-refractivity contribution in [1.29, 1.82) is 0 Å². The number of aliphatic hydroxyl groups excluding tert-OH is 1. The van der Waals surface area contributed by atoms with E-state index in [-0.39, 0.29) is 12.1 Å². The first-order valence-electron chi connectivity index (χ1n) is 7.47. The third-order valence-electron chi connectivity index (χ3n) is 4.29. The average molecular weight is 278 g/mol. The first-order chi connectivity index (χ1) is 9.73. The van der Waals surface area contributed by atoms with Crippen LogP contribution < -0.4 is 10.1 Å². The summed E-state index contributed by atoms with van der Waals surface area (Å²) in [6.45, 7) is 5.57. The molecule has 0 aromatic heterocycles. The molecule has 0 spiro atoms. The standard InChI is InChI=1S/C16H26N2O2/c1-3-18-11-6-9-16(13-19,10-12-18)17-14-7-4-5-8-15(14)20-2/h4-5,7-8,17,19H,3,6,9-13H2,1-2H3. The minimum Gasteiger partial charge on any atom is -0.495 e. The molecule has 20 heavy (non-hydrogen) atoms. The molecule has 4 heteroatoms. The Hall–Kier alpha value is -1.26. The SMILES string of the molecule is CCN1CCCC(CO)(Nc2ccccc2OC)CC1. The van der Waals surface area contributed by atoms with Crippen LogP contribution in [-0.2, 0) is 0 Å². The number of methoxy groups -OCH3 is 1. The highest BCUT2D eigenvalue weighted by Gasteiger charge is 2.32. The van der Waals surface area contributed by atoms with Gasteiger partial charge in [-0.2, -0.15) is 0 Å². The number of anilines is 1. The molecule has 0 amide bonds. The first kappa shape index (κ1) is 15.1. The van der Waals surface area contributed by atoms with Gasteiger partial charge < -0.3 is 20.1 Å². The van der Waals surface area contributed by atoms with Gasteiger partial charge in [-0.3, -0.25) is 0 Å². The third-order valence-corrected chi connectivity index (χ3v) is 4.29. The number of rotatable bonds is 5. The van der Waals surface area contributed by atoms with E-state index in [0.717, 1.165) is 50.3 Å². The second-order valence-corrected chi connectivity index (χ2v) is 5.55. The number of aliphatic hydroxyl groups is 1. The van der Waals surface area contributed by atoms with Crippen molar-refractivity contribution in [2.24, 2.45) is 0 Å². The van der Waals surface area contributed by atoms with Gasteiger partial charge in [-0.1, -0.05) is 19.1 Å². The number of nitrogens with zero attached hydrogens (tertiary/aromatic N) is 1. The van der Waals surface area contributed by atoms with E-state index in [2.05, 4.69) is 17.1 Å². The Morgan fingerprint density at radius 2 is 2.10 bits per heavy atom. The first-order valence-corrected chi connectivity index (χ1v) is 7.47. The molecule has 1 saturated heterocycles. The quantitative estimate of drug-likeness (QED) is 0.868. The Morgan fingerprint density at radius 1 is 1.30 bits per heavy atom. The van der Waals surface area contributed by atoms with Gasteiger partial charge >= 0.3 is 0 Å². The molecule has 1 fully saturated rings. The number of nitrogens with one attached hydrogen (secondary N) is 1. The van der Waals surface area contributed by atoms with Gasteiger partial charge in [-0.25, -0.2) is 0 Å². The summed E-state index contributed by atoms with van der Waals surface area (Å²) < 4.78 is 5.40. The highest BCUT2D eigenvalue weighted by atomic mass is 16.5. The summed E-state index contributed by atoms with van der Waals surface area (Å²) in [5.74, 6) is 0.830. The molecule has 1 aromatic carbocycles. The van der Waals surface area contributed by atoms with Crippen LogP contribution in [0.4, 0.5) is 5.69 Å². The second-order valence-electron chi connectivity index (χ2n) is 5.55. The van der Waals surface area contributed by atoms with E-state index >= 15 is 0 Å². The van der Waals surface area contributed by atoms with Crippen LogP contribution >= 0.6 is 0 Å². The van der Waals surface area contributed by atoms with Gasteiger partial charge in [0.25, 0.3) is 0 Å². The fourth-order valence-corrected chi connectivity index (χ4v) is 2.92. The zero-order valence-electron chi connectivity index (χ0n) is 12.6. The van der Waals surface area contributed by atoms with Crippen LogP contribution in [0.2, 0.25) is 0 Å². The summed E-state index contributed by atoms with van der Waals surface area (Å²) >= 11 is 0. The predicted molar refractivity (Wildman–Crippen MR) is 82.4 cm³/mol. The van der Waals surface area contributed by atoms with Crippen LogP contribution in [0.1, 0.15) is 26.2 Å². The fraction of sp³-hybridized carbons (Fsp3) is 0.625. The van der Waals surface area contributed by atoms with Gasteiger partial charge in [-0.05, 0) is 44.5 Å². The maximum absolute atomic E-state index is 9.93. The molecule has 1 unspecified atom stereocenters. The molecule has 2 N–H and O–H groups in total. The molecular weight excluding hydrogens is 252 g/mol. The van der Waals surface area contributed by atoms with Gasteiger partial charge in [0.2, 0.25) is 0 Å². The van der Waals surface area contributed by atoms with Crippen molar-refractivity contribution < 1.29 is 9.84 Å². The third kappa shape index (κ3) is 3.44. The molecule has 0 saturated carbocycles. The number of para-hydroxylation sites is 2. The number of hydrogen-bond donors (Lipinski definition) is 2. The van der Waals surface area contributed by atoms with Crippen LogP contribution in [0.25, 0.3) is 0 Å². The van der Waals surface area contributed by atoms with Crippen molar-refractivity contribution in [3.63, 3.8) is 0 Å². The van der Waals surface area contributed by atoms with Crippen molar-refractivity contribution in [3.05, 3.63) is 24.3 Å². The van der Waals surface area contributed by atoms with Crippen molar-refractivity contribution in [3.8, 4) is 5.75 Å². The van der Waals surface area contributed by atoms with Crippen LogP contribution in [-0.4, -0.2) is 48.9 Å². The van der Waals surface area contributed by atoms with Crippen molar-refractivity contribution in [2.75, 3.05) is 38.7 Å². The molecule has 1 atom stereocenters. The highest BCUT2D eigenvalue weighted by Crippen LogP contribution is 2.31. The number of ether oxygens (including phenoxy) is 1. The lowest BCUT2D eigenvalue weighted by Gasteiger charge is -2.33. The number of benzene rings is 1. The average Bonchev–Trinajstić information content (AvgIpc) is 2.70. The summed E-state index contributed by atoms with van der Waals surface area (Å²) in [7, 11) is 1.68. The molecule has 0 radical (unpaired) electrons. The Bertz CT molecular complexity index is 425. The fourth-order valence-electron chi connectivity index (χ4n) is 2.92. The number of hydrogen-bond acceptors (Lipinski definition) is 4. The Morgan fingerprint density at radius 3 is 2.80 bits per heavy atom. The zero-order valence-corrected chi connectivity index (χ0v) is 12.6. The maximum Gasteiger partial charge on any atom is 0.141 e. The van der Waals surface area contributed by atoms with Gasteiger partial charge in [0.15, 0.2) is 0 Å². The molecular formula is C16H26N2O2. The lowest BCUT2D eigenvalue weighted by atomic mass is 9.91. The van der Waals surface area contributed by atoms with E-state index in [4.69, 9.17) is 4.74 Å².